The van der Waals surface area contributed by atoms with E-state index in [1.54, 1.807) is 0 Å². The summed E-state index contributed by atoms with van der Waals surface area (Å²) in [6.07, 6.45) is -17.8. The number of carbonyl (C=O) groups is 6. The Hall–Kier alpha value is -1.27. The Bertz CT molecular complexity index is 573. The zero-order valence-corrected chi connectivity index (χ0v) is 18.5. The maximum absolute atomic E-state index is 11.3. The number of alkyl halides is 9. The van der Waals surface area contributed by atoms with Gasteiger partial charge in [-0.3, -0.25) is 28.8 Å². The standard InChI is InChI=1S/3C5H5F3O2.Sm/c3*1-3(9)2-4(10)5(6,7)8;/h3*2H2,1H3;. The fourth-order valence-electron chi connectivity index (χ4n) is 0.979. The molecular weight excluding hydrogens is 598 g/mol. The monoisotopic (exact) mass is 614 g/mol. The van der Waals surface area contributed by atoms with Crippen molar-refractivity contribution in [3.63, 3.8) is 0 Å². The molecule has 180 valence electrons. The third-order valence-electron chi connectivity index (χ3n) is 2.18. The predicted octanol–water partition coefficient (Wildman–Crippen LogP) is 3.29. The van der Waals surface area contributed by atoms with Crippen molar-refractivity contribution in [1.29, 1.82) is 0 Å². The molecule has 31 heavy (non-hydrogen) atoms. The van der Waals surface area contributed by atoms with Crippen LogP contribution in [0.15, 0.2) is 0 Å². The van der Waals surface area contributed by atoms with Gasteiger partial charge >= 0.3 is 18.5 Å². The first kappa shape index (κ1) is 37.1. The van der Waals surface area contributed by atoms with Crippen molar-refractivity contribution in [2.75, 3.05) is 0 Å². The Labute approximate surface area is 201 Å². The summed E-state index contributed by atoms with van der Waals surface area (Å²) < 4.78 is 102. The number of carbonyl (C=O) groups excluding carboxylic acids is 6. The van der Waals surface area contributed by atoms with Crippen LogP contribution in [0.2, 0.25) is 0 Å². The molecule has 0 spiro atoms. The molecule has 0 amide bonds. The topological polar surface area (TPSA) is 102 Å². The fourth-order valence-corrected chi connectivity index (χ4v) is 0.979. The Morgan fingerprint density at radius 1 is 0.452 bits per heavy atom. The van der Waals surface area contributed by atoms with Gasteiger partial charge in [0.25, 0.3) is 0 Å². The Morgan fingerprint density at radius 3 is 0.613 bits per heavy atom. The molecule has 0 saturated heterocycles. The molecule has 0 bridgehead atoms. The number of hydrogen-bond donors (Lipinski definition) is 0. The Morgan fingerprint density at radius 2 is 0.581 bits per heavy atom. The molecule has 0 atom stereocenters. The minimum atomic E-state index is -4.87. The van der Waals surface area contributed by atoms with E-state index in [9.17, 15) is 68.3 Å². The number of rotatable bonds is 6. The van der Waals surface area contributed by atoms with E-state index in [2.05, 4.69) is 0 Å². The van der Waals surface area contributed by atoms with E-state index in [0.717, 1.165) is 20.8 Å². The summed E-state index contributed by atoms with van der Waals surface area (Å²) in [6, 6.07) is 0. The van der Waals surface area contributed by atoms with E-state index >= 15 is 0 Å². The molecular formula is C15H15F9O6Sm. The van der Waals surface area contributed by atoms with Crippen molar-refractivity contribution in [1.82, 2.24) is 0 Å². The van der Waals surface area contributed by atoms with E-state index in [1.807, 2.05) is 0 Å². The second kappa shape index (κ2) is 15.5. The molecule has 16 heteroatoms. The third-order valence-corrected chi connectivity index (χ3v) is 2.18. The molecule has 0 aromatic rings. The van der Waals surface area contributed by atoms with Crippen molar-refractivity contribution in [2.45, 2.75) is 58.6 Å². The van der Waals surface area contributed by atoms with Crippen LogP contribution in [0, 0.1) is 40.4 Å². The first-order valence-electron chi connectivity index (χ1n) is 7.30. The minimum Gasteiger partial charge on any atom is -0.300 e. The third kappa shape index (κ3) is 24.9. The van der Waals surface area contributed by atoms with E-state index in [4.69, 9.17) is 0 Å². The summed E-state index contributed by atoms with van der Waals surface area (Å²) in [7, 11) is 0. The number of ketones is 6. The van der Waals surface area contributed by atoms with Crippen LogP contribution in [0.25, 0.3) is 0 Å². The van der Waals surface area contributed by atoms with Crippen LogP contribution in [0.5, 0.6) is 0 Å². The smallest absolute Gasteiger partial charge is 0.300 e. The molecule has 0 heterocycles. The van der Waals surface area contributed by atoms with E-state index < -0.39 is 72.5 Å². The molecule has 0 aliphatic carbocycles. The molecule has 0 radical (unpaired) electrons. The van der Waals surface area contributed by atoms with Crippen molar-refractivity contribution >= 4 is 34.7 Å². The van der Waals surface area contributed by atoms with Gasteiger partial charge in [0.15, 0.2) is 0 Å². The Kier molecular flexibility index (Phi) is 18.6. The molecule has 0 saturated carbocycles. The SMILES string of the molecule is CC(=O)CC(=O)C(F)(F)F.CC(=O)CC(=O)C(F)(F)F.CC(=O)CC(=O)C(F)(F)F.[Sm]. The maximum atomic E-state index is 11.3. The quantitative estimate of drug-likeness (QED) is 0.337. The van der Waals surface area contributed by atoms with Gasteiger partial charge in [0, 0.05) is 40.4 Å². The van der Waals surface area contributed by atoms with Crippen molar-refractivity contribution < 1.29 is 109 Å². The van der Waals surface area contributed by atoms with Gasteiger partial charge in [0.2, 0.25) is 17.3 Å². The first-order valence-corrected chi connectivity index (χ1v) is 7.30. The normalized spacial score (nSPS) is 10.8. The molecule has 0 aliphatic rings. The maximum Gasteiger partial charge on any atom is 0.450 e. The zero-order chi connectivity index (χ0) is 25.1. The van der Waals surface area contributed by atoms with Crippen LogP contribution in [0.1, 0.15) is 40.0 Å². The van der Waals surface area contributed by atoms with E-state index in [-0.39, 0.29) is 40.4 Å². The average Bonchev–Trinajstić information content (AvgIpc) is 2.43. The van der Waals surface area contributed by atoms with Crippen molar-refractivity contribution in [2.24, 2.45) is 0 Å². The van der Waals surface area contributed by atoms with Gasteiger partial charge in [-0.1, -0.05) is 0 Å². The van der Waals surface area contributed by atoms with Gasteiger partial charge in [-0.2, -0.15) is 39.5 Å². The minimum absolute atomic E-state index is 0. The molecule has 0 rings (SSSR count). The summed E-state index contributed by atoms with van der Waals surface area (Å²) in [5, 5.41) is 0. The summed E-state index contributed by atoms with van der Waals surface area (Å²) in [6.45, 7) is 2.80. The van der Waals surface area contributed by atoms with Crippen molar-refractivity contribution in [3.05, 3.63) is 0 Å². The van der Waals surface area contributed by atoms with Gasteiger partial charge in [0.05, 0.1) is 19.3 Å². The largest absolute Gasteiger partial charge is 0.450 e. The predicted molar refractivity (Wildman–Crippen MR) is 79.1 cm³/mol. The number of halogens is 9. The molecule has 0 fully saturated rings. The van der Waals surface area contributed by atoms with Gasteiger partial charge in [-0.15, -0.1) is 0 Å². The second-order valence-corrected chi connectivity index (χ2v) is 5.40. The van der Waals surface area contributed by atoms with Crippen molar-refractivity contribution in [3.8, 4) is 0 Å². The first-order chi connectivity index (χ1) is 13.0. The van der Waals surface area contributed by atoms with Gasteiger partial charge in [0.1, 0.15) is 17.3 Å². The zero-order valence-electron chi connectivity index (χ0n) is 15.9. The molecule has 0 unspecified atom stereocenters. The molecule has 0 N–H and O–H groups in total. The van der Waals surface area contributed by atoms with E-state index in [0.29, 0.717) is 0 Å². The van der Waals surface area contributed by atoms with Gasteiger partial charge in [-0.05, 0) is 20.8 Å². The second-order valence-electron chi connectivity index (χ2n) is 5.40. The van der Waals surface area contributed by atoms with Crippen LogP contribution in [-0.2, 0) is 28.8 Å². The van der Waals surface area contributed by atoms with Crippen LogP contribution < -0.4 is 0 Å². The van der Waals surface area contributed by atoms with Crippen LogP contribution in [0.3, 0.4) is 0 Å². The van der Waals surface area contributed by atoms with Gasteiger partial charge < -0.3 is 0 Å². The summed E-state index contributed by atoms with van der Waals surface area (Å²) in [4.78, 5) is 59.7. The summed E-state index contributed by atoms with van der Waals surface area (Å²) in [5.41, 5.74) is 0. The molecule has 0 aromatic carbocycles. The van der Waals surface area contributed by atoms with Crippen LogP contribution >= 0.6 is 0 Å². The number of hydrogen-bond acceptors (Lipinski definition) is 6. The van der Waals surface area contributed by atoms with Crippen LogP contribution in [-0.4, -0.2) is 53.2 Å². The average molecular weight is 613 g/mol. The summed E-state index contributed by atoms with van der Waals surface area (Å²) >= 11 is 0. The van der Waals surface area contributed by atoms with Crippen LogP contribution in [0.4, 0.5) is 39.5 Å². The fraction of sp³-hybridized carbons (Fsp3) is 0.600. The number of Topliss-reactive ketones (excluding diaryl/α,β-unsaturated/α-hetero) is 6. The summed E-state index contributed by atoms with van der Waals surface area (Å²) in [5.74, 6) is -8.29. The molecule has 0 aliphatic heterocycles. The Balaban J connectivity index is -0.000000174. The van der Waals surface area contributed by atoms with E-state index in [1.165, 1.54) is 0 Å². The molecule has 0 aromatic heterocycles. The van der Waals surface area contributed by atoms with Gasteiger partial charge in [-0.25, -0.2) is 0 Å². The molecule has 6 nitrogen and oxygen atoms in total.